The second kappa shape index (κ2) is 9.00. The van der Waals surface area contributed by atoms with E-state index in [-0.39, 0.29) is 0 Å². The van der Waals surface area contributed by atoms with Crippen LogP contribution in [-0.2, 0) is 23.0 Å². The SMILES string of the molecule is Cc1ccc(S(=O)(=O)NCCCCCN2CCc3ccccc3C2)c(C)c1. The van der Waals surface area contributed by atoms with Gasteiger partial charge in [0.2, 0.25) is 10.0 Å². The molecule has 0 saturated heterocycles. The highest BCUT2D eigenvalue weighted by molar-refractivity contribution is 7.89. The van der Waals surface area contributed by atoms with Crippen molar-refractivity contribution in [2.24, 2.45) is 0 Å². The van der Waals surface area contributed by atoms with Crippen LogP contribution in [0, 0.1) is 13.8 Å². The predicted molar refractivity (Wildman–Crippen MR) is 110 cm³/mol. The van der Waals surface area contributed by atoms with E-state index in [9.17, 15) is 8.42 Å². The molecule has 0 aromatic heterocycles. The summed E-state index contributed by atoms with van der Waals surface area (Å²) in [5, 5.41) is 0. The van der Waals surface area contributed by atoms with Crippen molar-refractivity contribution in [2.75, 3.05) is 19.6 Å². The van der Waals surface area contributed by atoms with Gasteiger partial charge in [-0.15, -0.1) is 0 Å². The highest BCUT2D eigenvalue weighted by atomic mass is 32.2. The highest BCUT2D eigenvalue weighted by Gasteiger charge is 2.16. The van der Waals surface area contributed by atoms with Crippen LogP contribution in [0.2, 0.25) is 0 Å². The molecule has 1 aliphatic heterocycles. The van der Waals surface area contributed by atoms with Gasteiger partial charge in [0.1, 0.15) is 0 Å². The van der Waals surface area contributed by atoms with Crippen molar-refractivity contribution in [1.82, 2.24) is 9.62 Å². The summed E-state index contributed by atoms with van der Waals surface area (Å²) < 4.78 is 27.6. The van der Waals surface area contributed by atoms with Crippen LogP contribution in [0.5, 0.6) is 0 Å². The van der Waals surface area contributed by atoms with E-state index in [2.05, 4.69) is 33.9 Å². The van der Waals surface area contributed by atoms with E-state index < -0.39 is 10.0 Å². The molecule has 2 aromatic carbocycles. The number of unbranched alkanes of at least 4 members (excludes halogenated alkanes) is 2. The van der Waals surface area contributed by atoms with Gasteiger partial charge in [-0.05, 0) is 62.4 Å². The number of hydrogen-bond donors (Lipinski definition) is 1. The second-order valence-corrected chi connectivity index (χ2v) is 9.26. The van der Waals surface area contributed by atoms with Crippen LogP contribution >= 0.6 is 0 Å². The van der Waals surface area contributed by atoms with Crippen molar-refractivity contribution in [3.05, 3.63) is 64.7 Å². The minimum atomic E-state index is -3.41. The first-order valence-corrected chi connectivity index (χ1v) is 11.3. The van der Waals surface area contributed by atoms with Crippen LogP contribution in [0.3, 0.4) is 0 Å². The molecule has 0 saturated carbocycles. The van der Waals surface area contributed by atoms with Crippen molar-refractivity contribution < 1.29 is 8.42 Å². The standard InChI is InChI=1S/C22H30N2O2S/c1-18-10-11-22(19(2)16-18)27(25,26)23-13-6-3-7-14-24-15-12-20-8-4-5-9-21(20)17-24/h4-5,8-11,16,23H,3,6-7,12-15,17H2,1-2H3. The summed E-state index contributed by atoms with van der Waals surface area (Å²) in [5.41, 5.74) is 4.80. The molecule has 0 bridgehead atoms. The largest absolute Gasteiger partial charge is 0.299 e. The molecule has 0 spiro atoms. The maximum atomic E-state index is 12.4. The third kappa shape index (κ3) is 5.41. The van der Waals surface area contributed by atoms with Crippen LogP contribution < -0.4 is 4.72 Å². The molecule has 1 heterocycles. The van der Waals surface area contributed by atoms with Crippen LogP contribution in [0.4, 0.5) is 0 Å². The van der Waals surface area contributed by atoms with E-state index in [0.717, 1.165) is 56.4 Å². The Morgan fingerprint density at radius 1 is 1.00 bits per heavy atom. The number of nitrogens with one attached hydrogen (secondary N) is 1. The Hall–Kier alpha value is -1.69. The Kier molecular flexibility index (Phi) is 6.68. The fraction of sp³-hybridized carbons (Fsp3) is 0.455. The Morgan fingerprint density at radius 2 is 1.78 bits per heavy atom. The summed E-state index contributed by atoms with van der Waals surface area (Å²) >= 11 is 0. The normalized spacial score (nSPS) is 14.9. The van der Waals surface area contributed by atoms with Crippen LogP contribution in [0.25, 0.3) is 0 Å². The molecule has 27 heavy (non-hydrogen) atoms. The molecule has 1 aliphatic rings. The van der Waals surface area contributed by atoms with E-state index in [4.69, 9.17) is 0 Å². The van der Waals surface area contributed by atoms with Crippen molar-refractivity contribution >= 4 is 10.0 Å². The number of fused-ring (bicyclic) bond motifs is 1. The van der Waals surface area contributed by atoms with Crippen molar-refractivity contribution in [2.45, 2.75) is 51.0 Å². The van der Waals surface area contributed by atoms with E-state index in [1.165, 1.54) is 11.1 Å². The minimum Gasteiger partial charge on any atom is -0.299 e. The van der Waals surface area contributed by atoms with Crippen molar-refractivity contribution in [1.29, 1.82) is 0 Å². The number of benzene rings is 2. The zero-order valence-corrected chi connectivity index (χ0v) is 17.2. The first-order chi connectivity index (χ1) is 13.0. The van der Waals surface area contributed by atoms with E-state index in [0.29, 0.717) is 11.4 Å². The zero-order valence-electron chi connectivity index (χ0n) is 16.4. The summed E-state index contributed by atoms with van der Waals surface area (Å²) in [6, 6.07) is 14.1. The third-order valence-electron chi connectivity index (χ3n) is 5.27. The fourth-order valence-corrected chi connectivity index (χ4v) is 5.07. The number of aryl methyl sites for hydroxylation is 2. The van der Waals surface area contributed by atoms with Gasteiger partial charge < -0.3 is 0 Å². The summed E-state index contributed by atoms with van der Waals surface area (Å²) in [6.45, 7) is 7.55. The fourth-order valence-electron chi connectivity index (χ4n) is 3.77. The number of sulfonamides is 1. The van der Waals surface area contributed by atoms with Crippen LogP contribution in [0.15, 0.2) is 47.4 Å². The van der Waals surface area contributed by atoms with Gasteiger partial charge in [0.05, 0.1) is 4.90 Å². The Bertz CT molecular complexity index is 878. The maximum Gasteiger partial charge on any atom is 0.240 e. The molecule has 0 atom stereocenters. The Labute approximate surface area is 163 Å². The molecule has 5 heteroatoms. The van der Waals surface area contributed by atoms with Crippen LogP contribution in [-0.4, -0.2) is 33.0 Å². The lowest BCUT2D eigenvalue weighted by atomic mass is 10.00. The van der Waals surface area contributed by atoms with Gasteiger partial charge in [-0.1, -0.05) is 48.4 Å². The number of nitrogens with zero attached hydrogens (tertiary/aromatic N) is 1. The Morgan fingerprint density at radius 3 is 2.56 bits per heavy atom. The maximum absolute atomic E-state index is 12.4. The molecular formula is C22H30N2O2S. The van der Waals surface area contributed by atoms with Gasteiger partial charge in [-0.3, -0.25) is 4.90 Å². The lowest BCUT2D eigenvalue weighted by Gasteiger charge is -2.28. The molecule has 0 unspecified atom stereocenters. The monoisotopic (exact) mass is 386 g/mol. The smallest absolute Gasteiger partial charge is 0.240 e. The van der Waals surface area contributed by atoms with Crippen molar-refractivity contribution in [3.63, 3.8) is 0 Å². The second-order valence-electron chi connectivity index (χ2n) is 7.52. The molecular weight excluding hydrogens is 356 g/mol. The van der Waals surface area contributed by atoms with Gasteiger partial charge in [-0.2, -0.15) is 0 Å². The Balaban J connectivity index is 1.37. The summed E-state index contributed by atoms with van der Waals surface area (Å²) in [6.07, 6.45) is 4.14. The molecule has 0 radical (unpaired) electrons. The van der Waals surface area contributed by atoms with E-state index in [1.807, 2.05) is 26.0 Å². The zero-order chi connectivity index (χ0) is 19.3. The number of rotatable bonds is 8. The number of hydrogen-bond acceptors (Lipinski definition) is 3. The highest BCUT2D eigenvalue weighted by Crippen LogP contribution is 2.19. The van der Waals surface area contributed by atoms with Crippen LogP contribution in [0.1, 0.15) is 41.5 Å². The summed E-state index contributed by atoms with van der Waals surface area (Å²) in [7, 11) is -3.41. The third-order valence-corrected chi connectivity index (χ3v) is 6.89. The molecule has 4 nitrogen and oxygen atoms in total. The minimum absolute atomic E-state index is 0.389. The molecule has 0 aliphatic carbocycles. The van der Waals surface area contributed by atoms with Gasteiger partial charge in [0, 0.05) is 19.6 Å². The average molecular weight is 387 g/mol. The summed E-state index contributed by atoms with van der Waals surface area (Å²) in [5.74, 6) is 0. The topological polar surface area (TPSA) is 49.4 Å². The van der Waals surface area contributed by atoms with Gasteiger partial charge in [0.25, 0.3) is 0 Å². The molecule has 2 aromatic rings. The molecule has 0 fully saturated rings. The van der Waals surface area contributed by atoms with E-state index in [1.54, 1.807) is 6.07 Å². The quantitative estimate of drug-likeness (QED) is 0.702. The lowest BCUT2D eigenvalue weighted by molar-refractivity contribution is 0.248. The van der Waals surface area contributed by atoms with Crippen molar-refractivity contribution in [3.8, 4) is 0 Å². The molecule has 1 N–H and O–H groups in total. The lowest BCUT2D eigenvalue weighted by Crippen LogP contribution is -2.31. The predicted octanol–water partition coefficient (Wildman–Crippen LogP) is 3.81. The first-order valence-electron chi connectivity index (χ1n) is 9.82. The molecule has 146 valence electrons. The van der Waals surface area contributed by atoms with Gasteiger partial charge >= 0.3 is 0 Å². The summed E-state index contributed by atoms with van der Waals surface area (Å²) in [4.78, 5) is 2.89. The van der Waals surface area contributed by atoms with Gasteiger partial charge in [-0.25, -0.2) is 13.1 Å². The average Bonchev–Trinajstić information content (AvgIpc) is 2.64. The van der Waals surface area contributed by atoms with Gasteiger partial charge in [0.15, 0.2) is 0 Å². The molecule has 0 amide bonds. The molecule has 3 rings (SSSR count). The van der Waals surface area contributed by atoms with E-state index >= 15 is 0 Å². The first kappa shape index (κ1) is 20.1.